The fraction of sp³-hybridized carbons (Fsp3) is 0.423. The Bertz CT molecular complexity index is 2910. The van der Waals surface area contributed by atoms with Crippen molar-refractivity contribution in [2.45, 2.75) is 86.4 Å². The van der Waals surface area contributed by atoms with Crippen molar-refractivity contribution in [1.29, 1.82) is 0 Å². The summed E-state index contributed by atoms with van der Waals surface area (Å²) in [6.07, 6.45) is 7.43. The fourth-order valence-electron chi connectivity index (χ4n) is 9.08. The number of aliphatic hydroxyl groups is 1. The summed E-state index contributed by atoms with van der Waals surface area (Å²) >= 11 is 0. The number of benzene rings is 3. The van der Waals surface area contributed by atoms with E-state index in [0.717, 1.165) is 5.82 Å². The minimum Gasteiger partial charge on any atom is -0.505 e. The molecular weight excluding hydrogens is 873 g/mol. The second-order valence-electron chi connectivity index (χ2n) is 18.2. The molecule has 0 saturated heterocycles. The van der Waals surface area contributed by atoms with Crippen LogP contribution in [-0.2, 0) is 23.8 Å². The van der Waals surface area contributed by atoms with E-state index in [2.05, 4.69) is 10.3 Å². The second-order valence-corrected chi connectivity index (χ2v) is 18.2. The van der Waals surface area contributed by atoms with E-state index >= 15 is 0 Å². The van der Waals surface area contributed by atoms with E-state index in [1.807, 2.05) is 64.8 Å². The maximum Gasteiger partial charge on any atom is 0.312 e. The van der Waals surface area contributed by atoms with Crippen molar-refractivity contribution in [1.82, 2.24) is 9.97 Å². The minimum atomic E-state index is -2.02. The van der Waals surface area contributed by atoms with E-state index in [1.165, 1.54) is 34.1 Å². The van der Waals surface area contributed by atoms with Gasteiger partial charge in [-0.1, -0.05) is 58.9 Å². The largest absolute Gasteiger partial charge is 0.505 e. The standard InChI is InChI=1S/C52H60N4O12/c1-26-15-14-16-27(2)51(62)55-43-46(60)40-39(42-49(43)67-37-25-34(18-19-35(37)54-42)64-24-22-56(10)38-17-12-13-21-53-38)41-48(32(7)45(40)59)68-52(9,50(41)61)65-23-20-36(63-11)31(6)47(66-33(8)57)30(5)28(3)29(4)44(26)58/h12-21,23,25-26,28-31,36,44,47,58,60H,22,24H2,1-11H3,(H,55,62)/b15-14+,23-20+,27-16-/t26-,28+,29-,30+,31+,36-,44-,47-,52-/m0/s1. The number of nitrogens with one attached hydrogen (secondary N) is 1. The third kappa shape index (κ3) is 9.39. The number of nitrogens with zero attached hydrogens (tertiary/aromatic N) is 3. The zero-order chi connectivity index (χ0) is 49.4. The molecule has 0 fully saturated rings. The number of methoxy groups -OCH3 is 1. The summed E-state index contributed by atoms with van der Waals surface area (Å²) in [7, 11) is 3.40. The number of Topliss-reactive ketones (excluding diaryl/α,β-unsaturated/α-hetero) is 1. The number of fused-ring (bicyclic) bond motifs is 2. The third-order valence-corrected chi connectivity index (χ3v) is 13.6. The molecule has 4 heterocycles. The molecule has 5 aromatic rings. The molecule has 16 heteroatoms. The van der Waals surface area contributed by atoms with Crippen LogP contribution in [0.2, 0.25) is 0 Å². The van der Waals surface area contributed by atoms with Gasteiger partial charge in [0.1, 0.15) is 46.7 Å². The highest BCUT2D eigenvalue weighted by Crippen LogP contribution is 2.48. The molecule has 4 bridgehead atoms. The van der Waals surface area contributed by atoms with Gasteiger partial charge in [0.25, 0.3) is 11.7 Å². The summed E-state index contributed by atoms with van der Waals surface area (Å²) < 4.78 is 36.8. The first-order chi connectivity index (χ1) is 32.3. The number of ketones is 1. The number of phenolic OH excluding ortho intramolecular Hbond substituents is 1. The van der Waals surface area contributed by atoms with E-state index in [-0.39, 0.29) is 85.9 Å². The molecule has 3 N–H and O–H groups in total. The molecule has 2 aromatic heterocycles. The number of pyridine rings is 1. The van der Waals surface area contributed by atoms with Gasteiger partial charge in [0, 0.05) is 68.6 Å². The van der Waals surface area contributed by atoms with Crippen LogP contribution in [0.3, 0.4) is 0 Å². The summed E-state index contributed by atoms with van der Waals surface area (Å²) in [5.41, 5.74) is -0.434. The van der Waals surface area contributed by atoms with Gasteiger partial charge >= 0.3 is 11.8 Å². The number of likely N-dealkylation sites (N-methyl/N-ethyl adjacent to an activating group) is 1. The van der Waals surface area contributed by atoms with Crippen LogP contribution in [0.15, 0.2) is 87.9 Å². The lowest BCUT2D eigenvalue weighted by atomic mass is 9.73. The average molecular weight is 933 g/mol. The van der Waals surface area contributed by atoms with E-state index in [9.17, 15) is 29.4 Å². The Hall–Kier alpha value is -6.78. The monoisotopic (exact) mass is 932 g/mol. The Morgan fingerprint density at radius 1 is 0.985 bits per heavy atom. The number of esters is 1. The van der Waals surface area contributed by atoms with Crippen molar-refractivity contribution in [2.24, 2.45) is 29.6 Å². The maximum absolute atomic E-state index is 14.8. The van der Waals surface area contributed by atoms with Gasteiger partial charge in [-0.3, -0.25) is 19.2 Å². The molecule has 2 aliphatic heterocycles. The molecule has 9 atom stereocenters. The number of carbonyl (C=O) groups excluding carboxylic acids is 3. The van der Waals surface area contributed by atoms with Crippen molar-refractivity contribution in [3.05, 3.63) is 100 Å². The Morgan fingerprint density at radius 3 is 2.43 bits per heavy atom. The molecule has 2 aliphatic rings. The Labute approximate surface area is 394 Å². The molecule has 1 amide bonds. The van der Waals surface area contributed by atoms with Crippen LogP contribution < -0.4 is 25.1 Å². The van der Waals surface area contributed by atoms with Crippen LogP contribution in [0.1, 0.15) is 71.3 Å². The molecule has 16 nitrogen and oxygen atoms in total. The van der Waals surface area contributed by atoms with Gasteiger partial charge in [0.05, 0.1) is 36.0 Å². The normalized spacial score (nSPS) is 27.6. The number of hydrogen-bond acceptors (Lipinski definition) is 15. The molecule has 360 valence electrons. The lowest BCUT2D eigenvalue weighted by molar-refractivity contribution is -0.157. The van der Waals surface area contributed by atoms with Crippen LogP contribution in [0.5, 0.6) is 17.2 Å². The number of amides is 1. The Morgan fingerprint density at radius 2 is 1.74 bits per heavy atom. The van der Waals surface area contributed by atoms with Crippen LogP contribution in [0.4, 0.5) is 11.5 Å². The molecule has 0 aliphatic carbocycles. The quantitative estimate of drug-likeness (QED) is 0.0608. The number of allylic oxidation sites excluding steroid dienone is 2. The first-order valence-electron chi connectivity index (χ1n) is 22.7. The van der Waals surface area contributed by atoms with E-state index in [0.29, 0.717) is 17.8 Å². The molecule has 0 unspecified atom stereocenters. The van der Waals surface area contributed by atoms with E-state index in [4.69, 9.17) is 33.1 Å². The van der Waals surface area contributed by atoms with Crippen LogP contribution >= 0.6 is 0 Å². The number of aliphatic hydroxyl groups excluding tert-OH is 1. The zero-order valence-corrected chi connectivity index (χ0v) is 40.3. The van der Waals surface area contributed by atoms with Crippen LogP contribution in [-0.4, -0.2) is 89.2 Å². The number of carbonyl (C=O) groups is 3. The van der Waals surface area contributed by atoms with Crippen molar-refractivity contribution in [3.63, 3.8) is 0 Å². The highest BCUT2D eigenvalue weighted by atomic mass is 16.7. The molecule has 3 aromatic carbocycles. The number of ether oxygens (including phenoxy) is 5. The zero-order valence-electron chi connectivity index (χ0n) is 40.3. The second kappa shape index (κ2) is 19.8. The third-order valence-electron chi connectivity index (χ3n) is 13.6. The summed E-state index contributed by atoms with van der Waals surface area (Å²) in [6.45, 7) is 16.2. The van der Waals surface area contributed by atoms with Crippen LogP contribution in [0, 0.1) is 36.5 Å². The number of aromatic hydroxyl groups is 1. The Balaban J connectivity index is 1.38. The van der Waals surface area contributed by atoms with Gasteiger partial charge < -0.3 is 48.5 Å². The van der Waals surface area contributed by atoms with Crippen molar-refractivity contribution in [2.75, 3.05) is 37.5 Å². The van der Waals surface area contributed by atoms with Crippen molar-refractivity contribution >= 4 is 62.1 Å². The molecule has 68 heavy (non-hydrogen) atoms. The topological polar surface area (TPSA) is 209 Å². The summed E-state index contributed by atoms with van der Waals surface area (Å²) in [5, 5.41) is 26.2. The predicted octanol–water partition coefficient (Wildman–Crippen LogP) is 8.18. The molecular formula is C52H60N4O12. The highest BCUT2D eigenvalue weighted by molar-refractivity contribution is 6.26. The summed E-state index contributed by atoms with van der Waals surface area (Å²) in [5.74, 6) is -4.81. The van der Waals surface area contributed by atoms with Gasteiger partial charge in [-0.05, 0) is 61.9 Å². The maximum atomic E-state index is 14.8. The number of hydrogen-bond donors (Lipinski definition) is 3. The first kappa shape index (κ1) is 49.1. The summed E-state index contributed by atoms with van der Waals surface area (Å²) in [4.78, 5) is 67.0. The minimum absolute atomic E-state index is 0.00489. The van der Waals surface area contributed by atoms with Crippen molar-refractivity contribution < 1.29 is 52.7 Å². The average Bonchev–Trinajstić information content (AvgIpc) is 3.59. The SMILES string of the molecule is CO[C@H]1/C=C/O[C@@]2(C)Oc3c(C)c(=O)c4c(O)c(c5oc6cc(OCCN(C)c7ccccn7)ccc6nc5c4c3C2=O)NC(=O)/C(C)=C\C=C\[C@H](C)[C@H](O)[C@@H](C)[C@@H](C)[C@@H](C)[C@H](OC(C)=O)[C@@H]1C. The molecule has 0 radical (unpaired) electrons. The smallest absolute Gasteiger partial charge is 0.312 e. The molecule has 0 saturated carbocycles. The van der Waals surface area contributed by atoms with Gasteiger partial charge in [0.2, 0.25) is 0 Å². The fourth-order valence-corrected chi connectivity index (χ4v) is 9.08. The van der Waals surface area contributed by atoms with E-state index < -0.39 is 58.9 Å². The lowest BCUT2D eigenvalue weighted by Gasteiger charge is -2.39. The van der Waals surface area contributed by atoms with Crippen LogP contribution in [0.25, 0.3) is 33.0 Å². The highest BCUT2D eigenvalue weighted by Gasteiger charge is 2.49. The first-order valence-corrected chi connectivity index (χ1v) is 22.7. The Kier molecular flexibility index (Phi) is 14.3. The van der Waals surface area contributed by atoms with Gasteiger partial charge in [-0.25, -0.2) is 9.97 Å². The lowest BCUT2D eigenvalue weighted by Crippen LogP contribution is -2.43. The number of aromatic nitrogens is 2. The van der Waals surface area contributed by atoms with Gasteiger partial charge in [0.15, 0.2) is 22.3 Å². The van der Waals surface area contributed by atoms with Gasteiger partial charge in [-0.2, -0.15) is 0 Å². The molecule has 7 rings (SSSR count). The van der Waals surface area contributed by atoms with E-state index in [1.54, 1.807) is 55.6 Å². The molecule has 0 spiro atoms. The summed E-state index contributed by atoms with van der Waals surface area (Å²) in [6, 6.07) is 10.6. The number of anilines is 2. The number of phenols is 1. The van der Waals surface area contributed by atoms with Gasteiger partial charge in [-0.15, -0.1) is 0 Å². The van der Waals surface area contributed by atoms with Crippen molar-refractivity contribution in [3.8, 4) is 17.2 Å². The number of rotatable bonds is 7. The predicted molar refractivity (Wildman–Crippen MR) is 258 cm³/mol.